The molecule has 0 heterocycles. The maximum atomic E-state index is 12.2. The lowest BCUT2D eigenvalue weighted by atomic mass is 10.2. The molecule has 0 bridgehead atoms. The lowest BCUT2D eigenvalue weighted by Crippen LogP contribution is -2.07. The molecule has 1 rings (SSSR count). The molecule has 0 aliphatic rings. The molecule has 5 heteroatoms. The highest BCUT2D eigenvalue weighted by Crippen LogP contribution is 2.26. The smallest absolute Gasteiger partial charge is 0.287 e. The van der Waals surface area contributed by atoms with Crippen LogP contribution in [0.2, 0.25) is 0 Å². The SMILES string of the molecule is O=C(CCC(F)(F)Cl)SCc1ccccc1. The van der Waals surface area contributed by atoms with E-state index in [9.17, 15) is 13.6 Å². The molecule has 0 unspecified atom stereocenters. The highest BCUT2D eigenvalue weighted by atomic mass is 35.5. The standard InChI is InChI=1S/C11H11ClF2OS/c12-11(13,14)7-6-10(15)16-8-9-4-2-1-3-5-9/h1-5H,6-8H2. The summed E-state index contributed by atoms with van der Waals surface area (Å²) in [5.41, 5.74) is 0.999. The third-order valence-corrected chi connectivity index (χ3v) is 3.05. The highest BCUT2D eigenvalue weighted by molar-refractivity contribution is 8.12. The van der Waals surface area contributed by atoms with E-state index in [2.05, 4.69) is 0 Å². The van der Waals surface area contributed by atoms with E-state index in [0.717, 1.165) is 17.3 Å². The monoisotopic (exact) mass is 264 g/mol. The summed E-state index contributed by atoms with van der Waals surface area (Å²) in [6.45, 7) is 0. The zero-order valence-corrected chi connectivity index (χ0v) is 10.0. The molecule has 0 amide bonds. The van der Waals surface area contributed by atoms with Gasteiger partial charge in [0.1, 0.15) is 0 Å². The van der Waals surface area contributed by atoms with Crippen LogP contribution in [0.25, 0.3) is 0 Å². The van der Waals surface area contributed by atoms with E-state index >= 15 is 0 Å². The van der Waals surface area contributed by atoms with Crippen molar-refractivity contribution in [3.05, 3.63) is 35.9 Å². The largest absolute Gasteiger partial charge is 0.322 e. The van der Waals surface area contributed by atoms with Crippen molar-refractivity contribution in [1.29, 1.82) is 0 Å². The second kappa shape index (κ2) is 6.21. The lowest BCUT2D eigenvalue weighted by Gasteiger charge is -2.06. The van der Waals surface area contributed by atoms with Gasteiger partial charge < -0.3 is 0 Å². The van der Waals surface area contributed by atoms with Crippen LogP contribution in [0.3, 0.4) is 0 Å². The van der Waals surface area contributed by atoms with Crippen LogP contribution in [0, 0.1) is 0 Å². The Morgan fingerprint density at radius 1 is 1.31 bits per heavy atom. The average molecular weight is 265 g/mol. The van der Waals surface area contributed by atoms with Gasteiger partial charge in [-0.1, -0.05) is 42.1 Å². The minimum Gasteiger partial charge on any atom is -0.287 e. The van der Waals surface area contributed by atoms with Gasteiger partial charge in [-0.3, -0.25) is 4.79 Å². The number of carbonyl (C=O) groups is 1. The van der Waals surface area contributed by atoms with Gasteiger partial charge in [0, 0.05) is 18.6 Å². The van der Waals surface area contributed by atoms with E-state index < -0.39 is 11.8 Å². The molecule has 1 aromatic rings. The van der Waals surface area contributed by atoms with Crippen molar-refractivity contribution in [3.8, 4) is 0 Å². The van der Waals surface area contributed by atoms with Gasteiger partial charge in [0.15, 0.2) is 5.12 Å². The van der Waals surface area contributed by atoms with Crippen molar-refractivity contribution in [2.24, 2.45) is 0 Å². The Balaban J connectivity index is 2.26. The third kappa shape index (κ3) is 6.08. The van der Waals surface area contributed by atoms with E-state index in [1.165, 1.54) is 0 Å². The van der Waals surface area contributed by atoms with Crippen LogP contribution < -0.4 is 0 Å². The predicted molar refractivity (Wildman–Crippen MR) is 62.8 cm³/mol. The first-order chi connectivity index (χ1) is 7.47. The minimum absolute atomic E-state index is 0.200. The van der Waals surface area contributed by atoms with Crippen molar-refractivity contribution in [3.63, 3.8) is 0 Å². The molecule has 0 radical (unpaired) electrons. The summed E-state index contributed by atoms with van der Waals surface area (Å²) >= 11 is 5.74. The van der Waals surface area contributed by atoms with Crippen LogP contribution >= 0.6 is 23.4 Å². The fraction of sp³-hybridized carbons (Fsp3) is 0.364. The Kier molecular flexibility index (Phi) is 5.22. The first-order valence-corrected chi connectivity index (χ1v) is 6.10. The van der Waals surface area contributed by atoms with Gasteiger partial charge in [0.25, 0.3) is 0 Å². The van der Waals surface area contributed by atoms with E-state index in [0.29, 0.717) is 5.75 Å². The number of alkyl halides is 3. The van der Waals surface area contributed by atoms with Crippen molar-refractivity contribution in [2.45, 2.75) is 24.0 Å². The average Bonchev–Trinajstić information content (AvgIpc) is 2.24. The Hall–Kier alpha value is -0.610. The number of hydrogen-bond acceptors (Lipinski definition) is 2. The quantitative estimate of drug-likeness (QED) is 0.746. The van der Waals surface area contributed by atoms with Gasteiger partial charge in [-0.25, -0.2) is 0 Å². The Bertz CT molecular complexity index is 338. The molecule has 1 nitrogen and oxygen atoms in total. The predicted octanol–water partition coefficient (Wildman–Crippen LogP) is 4.06. The van der Waals surface area contributed by atoms with Crippen LogP contribution in [0.5, 0.6) is 0 Å². The first-order valence-electron chi connectivity index (χ1n) is 4.74. The summed E-state index contributed by atoms with van der Waals surface area (Å²) in [5, 5.41) is -3.53. The summed E-state index contributed by atoms with van der Waals surface area (Å²) in [5.74, 6) is 0.507. The maximum Gasteiger partial charge on any atom is 0.322 e. The van der Waals surface area contributed by atoms with Crippen molar-refractivity contribution in [1.82, 2.24) is 0 Å². The van der Waals surface area contributed by atoms with Crippen LogP contribution in [0.15, 0.2) is 30.3 Å². The normalized spacial score (nSPS) is 11.4. The summed E-state index contributed by atoms with van der Waals surface area (Å²) in [7, 11) is 0. The molecule has 16 heavy (non-hydrogen) atoms. The fourth-order valence-electron chi connectivity index (χ4n) is 1.05. The molecule has 0 aromatic heterocycles. The van der Waals surface area contributed by atoms with E-state index in [4.69, 9.17) is 11.6 Å². The van der Waals surface area contributed by atoms with Crippen molar-refractivity contribution < 1.29 is 13.6 Å². The Morgan fingerprint density at radius 2 is 1.94 bits per heavy atom. The molecule has 0 N–H and O–H groups in total. The molecule has 1 aromatic carbocycles. The third-order valence-electron chi connectivity index (χ3n) is 1.86. The molecule has 0 fully saturated rings. The zero-order valence-electron chi connectivity index (χ0n) is 8.46. The number of thioether (sulfide) groups is 1. The molecule has 0 saturated heterocycles. The minimum atomic E-state index is -3.27. The maximum absolute atomic E-state index is 12.2. The molecule has 0 saturated carbocycles. The first kappa shape index (κ1) is 13.5. The van der Waals surface area contributed by atoms with Crippen LogP contribution in [0.1, 0.15) is 18.4 Å². The zero-order chi connectivity index (χ0) is 12.0. The molecule has 0 spiro atoms. The van der Waals surface area contributed by atoms with Gasteiger partial charge in [0.05, 0.1) is 0 Å². The topological polar surface area (TPSA) is 17.1 Å². The van der Waals surface area contributed by atoms with E-state index in [1.807, 2.05) is 30.3 Å². The Morgan fingerprint density at radius 3 is 2.50 bits per heavy atom. The Labute approximate surface area is 102 Å². The van der Waals surface area contributed by atoms with Crippen LogP contribution in [-0.2, 0) is 10.5 Å². The van der Waals surface area contributed by atoms with Crippen LogP contribution in [0.4, 0.5) is 8.78 Å². The van der Waals surface area contributed by atoms with E-state index in [-0.39, 0.29) is 11.5 Å². The van der Waals surface area contributed by atoms with Gasteiger partial charge in [-0.05, 0) is 17.2 Å². The number of halogens is 3. The molecule has 0 atom stereocenters. The summed E-state index contributed by atoms with van der Waals surface area (Å²) < 4.78 is 24.5. The lowest BCUT2D eigenvalue weighted by molar-refractivity contribution is -0.111. The van der Waals surface area contributed by atoms with Gasteiger partial charge >= 0.3 is 5.38 Å². The summed E-state index contributed by atoms with van der Waals surface area (Å²) in [4.78, 5) is 11.2. The van der Waals surface area contributed by atoms with E-state index in [1.54, 1.807) is 0 Å². The number of carbonyl (C=O) groups excluding carboxylic acids is 1. The molecule has 0 aliphatic heterocycles. The molecule has 0 aliphatic carbocycles. The second-order valence-electron chi connectivity index (χ2n) is 3.26. The van der Waals surface area contributed by atoms with Crippen molar-refractivity contribution >= 4 is 28.5 Å². The van der Waals surface area contributed by atoms with Crippen LogP contribution in [-0.4, -0.2) is 10.5 Å². The molecular weight excluding hydrogens is 254 g/mol. The van der Waals surface area contributed by atoms with Crippen molar-refractivity contribution in [2.75, 3.05) is 0 Å². The number of rotatable bonds is 5. The fourth-order valence-corrected chi connectivity index (χ4v) is 1.92. The summed E-state index contributed by atoms with van der Waals surface area (Å²) in [6.07, 6.45) is -0.802. The number of hydrogen-bond donors (Lipinski definition) is 0. The van der Waals surface area contributed by atoms with Gasteiger partial charge in [0.2, 0.25) is 0 Å². The van der Waals surface area contributed by atoms with Gasteiger partial charge in [-0.15, -0.1) is 0 Å². The van der Waals surface area contributed by atoms with Gasteiger partial charge in [-0.2, -0.15) is 8.78 Å². The second-order valence-corrected chi connectivity index (χ2v) is 4.85. The molecular formula is C11H11ClF2OS. The molecule has 88 valence electrons. The number of benzene rings is 1. The summed E-state index contributed by atoms with van der Waals surface area (Å²) in [6, 6.07) is 9.39. The highest BCUT2D eigenvalue weighted by Gasteiger charge is 2.25.